The van der Waals surface area contributed by atoms with Gasteiger partial charge in [0.1, 0.15) is 11.9 Å². The number of carbonyl (C=O) groups excluding carboxylic acids is 1. The number of pyridine rings is 1. The van der Waals surface area contributed by atoms with E-state index in [-0.39, 0.29) is 12.0 Å². The molecule has 0 spiro atoms. The van der Waals surface area contributed by atoms with Gasteiger partial charge in [-0.15, -0.1) is 0 Å². The Kier molecular flexibility index (Phi) is 7.90. The van der Waals surface area contributed by atoms with Crippen LogP contribution < -0.4 is 25.8 Å². The van der Waals surface area contributed by atoms with Crippen LogP contribution >= 0.6 is 0 Å². The normalized spacial score (nSPS) is 11.8. The first-order chi connectivity index (χ1) is 17.4. The van der Waals surface area contributed by atoms with E-state index in [1.165, 1.54) is 0 Å². The number of carbonyl (C=O) groups is 1. The van der Waals surface area contributed by atoms with Crippen LogP contribution in [0, 0.1) is 0 Å². The zero-order chi connectivity index (χ0) is 25.5. The number of benzene rings is 3. The number of nitrogen functional groups attached to an aromatic ring is 1. The zero-order valence-corrected chi connectivity index (χ0v) is 20.8. The summed E-state index contributed by atoms with van der Waals surface area (Å²) in [5, 5.41) is 8.26. The van der Waals surface area contributed by atoms with Gasteiger partial charge in [-0.1, -0.05) is 36.4 Å². The molecule has 1 heterocycles. The van der Waals surface area contributed by atoms with E-state index < -0.39 is 6.04 Å². The monoisotopic (exact) mass is 484 g/mol. The number of nitrogens with zero attached hydrogens (tertiary/aromatic N) is 1. The Morgan fingerprint density at radius 2 is 1.81 bits per heavy atom. The lowest BCUT2D eigenvalue weighted by molar-refractivity contribution is -0.122. The highest BCUT2D eigenvalue weighted by Gasteiger charge is 2.23. The third-order valence-electron chi connectivity index (χ3n) is 5.64. The maximum atomic E-state index is 13.5. The molecule has 1 aromatic heterocycles. The van der Waals surface area contributed by atoms with Crippen LogP contribution in [0.4, 0.5) is 11.5 Å². The molecule has 0 saturated carbocycles. The Bertz CT molecular complexity index is 1320. The van der Waals surface area contributed by atoms with Gasteiger partial charge >= 0.3 is 0 Å². The van der Waals surface area contributed by atoms with Crippen LogP contribution in [0.1, 0.15) is 37.9 Å². The molecule has 1 amide bonds. The molecule has 0 aliphatic carbocycles. The van der Waals surface area contributed by atoms with E-state index in [0.717, 1.165) is 27.6 Å². The lowest BCUT2D eigenvalue weighted by Gasteiger charge is -2.22. The van der Waals surface area contributed by atoms with Crippen molar-refractivity contribution in [3.8, 4) is 11.5 Å². The van der Waals surface area contributed by atoms with Gasteiger partial charge < -0.3 is 25.8 Å². The predicted octanol–water partition coefficient (Wildman–Crippen LogP) is 5.47. The van der Waals surface area contributed by atoms with Gasteiger partial charge in [0.2, 0.25) is 5.91 Å². The first-order valence-electron chi connectivity index (χ1n) is 12.1. The SMILES string of the molecule is CCOc1cc([C@@H](Nc2ccc3c(N)nccc3c2)C(=O)NCc2ccccc2)ccc1OC(C)C. The second-order valence-electron chi connectivity index (χ2n) is 8.72. The Hall–Kier alpha value is -4.26. The maximum Gasteiger partial charge on any atom is 0.247 e. The average molecular weight is 485 g/mol. The summed E-state index contributed by atoms with van der Waals surface area (Å²) < 4.78 is 11.8. The molecule has 7 nitrogen and oxygen atoms in total. The third kappa shape index (κ3) is 6.05. The molecule has 0 unspecified atom stereocenters. The summed E-state index contributed by atoms with van der Waals surface area (Å²) in [7, 11) is 0. The van der Waals surface area contributed by atoms with E-state index in [9.17, 15) is 4.79 Å². The third-order valence-corrected chi connectivity index (χ3v) is 5.64. The standard InChI is InChI=1S/C29H32N4O3/c1-4-35-26-17-22(10-13-25(26)36-19(2)3)27(29(34)32-18-20-8-6-5-7-9-20)33-23-11-12-24-21(16-23)14-15-31-28(24)30/h5-17,19,27,33H,4,18H2,1-3H3,(H2,30,31)(H,32,34)/t27-/m1/s1. The Morgan fingerprint density at radius 1 is 1.00 bits per heavy atom. The predicted molar refractivity (Wildman–Crippen MR) is 144 cm³/mol. The van der Waals surface area contributed by atoms with Crippen molar-refractivity contribution >= 4 is 28.2 Å². The van der Waals surface area contributed by atoms with E-state index in [1.54, 1.807) is 6.20 Å². The van der Waals surface area contributed by atoms with Crippen LogP contribution in [0.3, 0.4) is 0 Å². The summed E-state index contributed by atoms with van der Waals surface area (Å²) in [4.78, 5) is 17.6. The minimum absolute atomic E-state index is 0.00215. The van der Waals surface area contributed by atoms with Crippen molar-refractivity contribution in [3.63, 3.8) is 0 Å². The maximum absolute atomic E-state index is 13.5. The quantitative estimate of drug-likeness (QED) is 0.276. The fourth-order valence-electron chi connectivity index (χ4n) is 3.97. The molecule has 0 aliphatic rings. The van der Waals surface area contributed by atoms with Gasteiger partial charge in [-0.2, -0.15) is 0 Å². The van der Waals surface area contributed by atoms with Gasteiger partial charge in [0, 0.05) is 23.8 Å². The van der Waals surface area contributed by atoms with Crippen molar-refractivity contribution < 1.29 is 14.3 Å². The fraction of sp³-hybridized carbons (Fsp3) is 0.241. The number of aromatic nitrogens is 1. The van der Waals surface area contributed by atoms with Crippen molar-refractivity contribution in [2.24, 2.45) is 0 Å². The van der Waals surface area contributed by atoms with Gasteiger partial charge in [0.15, 0.2) is 11.5 Å². The number of rotatable bonds is 10. The zero-order valence-electron chi connectivity index (χ0n) is 20.8. The summed E-state index contributed by atoms with van der Waals surface area (Å²) in [5.74, 6) is 1.56. The van der Waals surface area contributed by atoms with E-state index in [2.05, 4.69) is 15.6 Å². The summed E-state index contributed by atoms with van der Waals surface area (Å²) in [5.41, 5.74) is 8.58. The summed E-state index contributed by atoms with van der Waals surface area (Å²) in [6, 6.07) is 22.4. The van der Waals surface area contributed by atoms with Crippen molar-refractivity contribution in [2.75, 3.05) is 17.7 Å². The molecule has 0 fully saturated rings. The van der Waals surface area contributed by atoms with Crippen LogP contribution in [0.15, 0.2) is 79.0 Å². The topological polar surface area (TPSA) is 98.5 Å². The molecule has 0 bridgehead atoms. The number of hydrogen-bond acceptors (Lipinski definition) is 6. The van der Waals surface area contributed by atoms with E-state index in [0.29, 0.717) is 30.5 Å². The Balaban J connectivity index is 1.67. The molecule has 3 aromatic carbocycles. The van der Waals surface area contributed by atoms with Crippen molar-refractivity contribution in [3.05, 3.63) is 90.1 Å². The molecule has 4 rings (SSSR count). The van der Waals surface area contributed by atoms with Crippen LogP contribution in [-0.4, -0.2) is 23.6 Å². The van der Waals surface area contributed by atoms with Gasteiger partial charge in [-0.25, -0.2) is 4.98 Å². The van der Waals surface area contributed by atoms with Crippen LogP contribution in [-0.2, 0) is 11.3 Å². The second kappa shape index (κ2) is 11.4. The van der Waals surface area contributed by atoms with Gasteiger partial charge in [-0.3, -0.25) is 4.79 Å². The molecular weight excluding hydrogens is 452 g/mol. The van der Waals surface area contributed by atoms with Crippen molar-refractivity contribution in [1.82, 2.24) is 10.3 Å². The summed E-state index contributed by atoms with van der Waals surface area (Å²) in [6.07, 6.45) is 1.67. The van der Waals surface area contributed by atoms with Gasteiger partial charge in [0.25, 0.3) is 0 Å². The molecule has 1 atom stereocenters. The van der Waals surface area contributed by atoms with Crippen LogP contribution in [0.25, 0.3) is 10.8 Å². The number of nitrogens with one attached hydrogen (secondary N) is 2. The molecule has 4 N–H and O–H groups in total. The van der Waals surface area contributed by atoms with Crippen LogP contribution in [0.2, 0.25) is 0 Å². The molecule has 186 valence electrons. The highest BCUT2D eigenvalue weighted by Crippen LogP contribution is 2.33. The lowest BCUT2D eigenvalue weighted by Crippen LogP contribution is -2.33. The number of anilines is 2. The smallest absolute Gasteiger partial charge is 0.247 e. The second-order valence-corrected chi connectivity index (χ2v) is 8.72. The van der Waals surface area contributed by atoms with E-state index in [1.807, 2.05) is 93.6 Å². The summed E-state index contributed by atoms with van der Waals surface area (Å²) in [6.45, 7) is 6.75. The largest absolute Gasteiger partial charge is 0.490 e. The van der Waals surface area contributed by atoms with E-state index >= 15 is 0 Å². The number of ether oxygens (including phenoxy) is 2. The Morgan fingerprint density at radius 3 is 2.56 bits per heavy atom. The molecule has 7 heteroatoms. The van der Waals surface area contributed by atoms with Crippen molar-refractivity contribution in [1.29, 1.82) is 0 Å². The Labute approximate surface area is 211 Å². The first-order valence-corrected chi connectivity index (χ1v) is 12.1. The van der Waals surface area contributed by atoms with E-state index in [4.69, 9.17) is 15.2 Å². The fourth-order valence-corrected chi connectivity index (χ4v) is 3.97. The minimum atomic E-state index is -0.669. The molecular formula is C29H32N4O3. The molecule has 4 aromatic rings. The lowest BCUT2D eigenvalue weighted by atomic mass is 10.0. The average Bonchev–Trinajstić information content (AvgIpc) is 2.87. The number of amides is 1. The molecule has 0 aliphatic heterocycles. The molecule has 36 heavy (non-hydrogen) atoms. The van der Waals surface area contributed by atoms with Gasteiger partial charge in [-0.05, 0) is 73.7 Å². The van der Waals surface area contributed by atoms with Crippen LogP contribution in [0.5, 0.6) is 11.5 Å². The van der Waals surface area contributed by atoms with Gasteiger partial charge in [0.05, 0.1) is 12.7 Å². The highest BCUT2D eigenvalue weighted by atomic mass is 16.5. The highest BCUT2D eigenvalue weighted by molar-refractivity contribution is 5.94. The number of hydrogen-bond donors (Lipinski definition) is 3. The molecule has 0 radical (unpaired) electrons. The van der Waals surface area contributed by atoms with Crippen molar-refractivity contribution in [2.45, 2.75) is 39.5 Å². The summed E-state index contributed by atoms with van der Waals surface area (Å²) >= 11 is 0. The first kappa shape index (κ1) is 24.9. The minimum Gasteiger partial charge on any atom is -0.490 e. The number of nitrogens with two attached hydrogens (primary N) is 1. The number of fused-ring (bicyclic) bond motifs is 1. The molecule has 0 saturated heterocycles.